The number of aryl methyl sites for hydroxylation is 1. The number of benzene rings is 1. The SMILES string of the molecule is CN=C(NCCc1ncc(C)s1)NC(C)c1ccc(Cl)cc1.I. The van der Waals surface area contributed by atoms with Crippen LogP contribution in [-0.4, -0.2) is 24.5 Å². The first-order chi connectivity index (χ1) is 10.6. The fourth-order valence-electron chi connectivity index (χ4n) is 2.04. The van der Waals surface area contributed by atoms with Gasteiger partial charge < -0.3 is 10.6 Å². The third-order valence-corrected chi connectivity index (χ3v) is 4.47. The van der Waals surface area contributed by atoms with E-state index in [-0.39, 0.29) is 30.0 Å². The van der Waals surface area contributed by atoms with Gasteiger partial charge in [-0.05, 0) is 31.5 Å². The Morgan fingerprint density at radius 1 is 1.35 bits per heavy atom. The Morgan fingerprint density at radius 2 is 2.04 bits per heavy atom. The molecule has 0 spiro atoms. The molecule has 2 aromatic rings. The van der Waals surface area contributed by atoms with Crippen LogP contribution in [0.3, 0.4) is 0 Å². The molecule has 0 aliphatic carbocycles. The molecule has 7 heteroatoms. The summed E-state index contributed by atoms with van der Waals surface area (Å²) in [7, 11) is 1.78. The highest BCUT2D eigenvalue weighted by Crippen LogP contribution is 2.16. The summed E-state index contributed by atoms with van der Waals surface area (Å²) in [6.07, 6.45) is 2.81. The number of aliphatic imine (C=N–C) groups is 1. The summed E-state index contributed by atoms with van der Waals surface area (Å²) in [4.78, 5) is 9.86. The average Bonchev–Trinajstić information content (AvgIpc) is 2.92. The first-order valence-corrected chi connectivity index (χ1v) is 8.42. The predicted octanol–water partition coefficient (Wildman–Crippen LogP) is 4.19. The highest BCUT2D eigenvalue weighted by atomic mass is 127. The highest BCUT2D eigenvalue weighted by molar-refractivity contribution is 14.0. The van der Waals surface area contributed by atoms with E-state index in [1.165, 1.54) is 10.4 Å². The molecule has 126 valence electrons. The number of guanidine groups is 1. The van der Waals surface area contributed by atoms with Crippen LogP contribution >= 0.6 is 46.9 Å². The zero-order valence-electron chi connectivity index (χ0n) is 13.5. The fourth-order valence-corrected chi connectivity index (χ4v) is 2.95. The van der Waals surface area contributed by atoms with Crippen molar-refractivity contribution in [2.45, 2.75) is 26.3 Å². The molecule has 2 N–H and O–H groups in total. The van der Waals surface area contributed by atoms with Crippen molar-refractivity contribution in [3.05, 3.63) is 50.9 Å². The Morgan fingerprint density at radius 3 is 2.61 bits per heavy atom. The summed E-state index contributed by atoms with van der Waals surface area (Å²) in [6.45, 7) is 4.98. The molecule has 0 aliphatic rings. The molecule has 1 heterocycles. The lowest BCUT2D eigenvalue weighted by molar-refractivity contribution is 0.684. The van der Waals surface area contributed by atoms with Gasteiger partial charge in [-0.15, -0.1) is 35.3 Å². The number of hydrogen-bond acceptors (Lipinski definition) is 3. The van der Waals surface area contributed by atoms with Gasteiger partial charge in [0, 0.05) is 36.1 Å². The maximum atomic E-state index is 5.92. The monoisotopic (exact) mass is 464 g/mol. The second-order valence-corrected chi connectivity index (χ2v) is 6.79. The van der Waals surface area contributed by atoms with Gasteiger partial charge in [0.25, 0.3) is 0 Å². The van der Waals surface area contributed by atoms with Crippen LogP contribution in [0.2, 0.25) is 5.02 Å². The van der Waals surface area contributed by atoms with E-state index in [1.54, 1.807) is 18.4 Å². The third-order valence-electron chi connectivity index (χ3n) is 3.25. The first-order valence-electron chi connectivity index (χ1n) is 7.22. The standard InChI is InChI=1S/C16H21ClN4S.HI/c1-11-10-20-15(22-11)8-9-19-16(18-3)21-12(2)13-4-6-14(17)7-5-13;/h4-7,10,12H,8-9H2,1-3H3,(H2,18,19,21);1H. The average molecular weight is 465 g/mol. The Bertz CT molecular complexity index is 627. The van der Waals surface area contributed by atoms with Gasteiger partial charge in [-0.1, -0.05) is 23.7 Å². The summed E-state index contributed by atoms with van der Waals surface area (Å²) in [5.41, 5.74) is 1.17. The van der Waals surface area contributed by atoms with Gasteiger partial charge in [0.15, 0.2) is 5.96 Å². The number of thiazole rings is 1. The van der Waals surface area contributed by atoms with Crippen molar-refractivity contribution in [3.8, 4) is 0 Å². The van der Waals surface area contributed by atoms with Crippen molar-refractivity contribution < 1.29 is 0 Å². The van der Waals surface area contributed by atoms with Crippen LogP contribution in [0.1, 0.15) is 28.4 Å². The van der Waals surface area contributed by atoms with Gasteiger partial charge in [0.1, 0.15) is 0 Å². The van der Waals surface area contributed by atoms with Crippen molar-refractivity contribution in [1.82, 2.24) is 15.6 Å². The molecule has 1 atom stereocenters. The summed E-state index contributed by atoms with van der Waals surface area (Å²) >= 11 is 7.65. The summed E-state index contributed by atoms with van der Waals surface area (Å²) in [5, 5.41) is 8.58. The molecule has 0 bridgehead atoms. The van der Waals surface area contributed by atoms with Crippen LogP contribution in [0.25, 0.3) is 0 Å². The Hall–Kier alpha value is -0.860. The lowest BCUT2D eigenvalue weighted by atomic mass is 10.1. The van der Waals surface area contributed by atoms with Gasteiger partial charge in [-0.2, -0.15) is 0 Å². The zero-order valence-corrected chi connectivity index (χ0v) is 17.4. The van der Waals surface area contributed by atoms with E-state index in [0.717, 1.165) is 29.0 Å². The largest absolute Gasteiger partial charge is 0.356 e. The molecule has 0 fully saturated rings. The van der Waals surface area contributed by atoms with Crippen LogP contribution in [0.15, 0.2) is 35.5 Å². The minimum atomic E-state index is 0. The second-order valence-electron chi connectivity index (χ2n) is 5.03. The minimum Gasteiger partial charge on any atom is -0.356 e. The van der Waals surface area contributed by atoms with E-state index in [2.05, 4.69) is 34.5 Å². The molecule has 1 aromatic carbocycles. The summed E-state index contributed by atoms with van der Waals surface area (Å²) in [5.74, 6) is 0.788. The molecule has 23 heavy (non-hydrogen) atoms. The maximum absolute atomic E-state index is 5.92. The topological polar surface area (TPSA) is 49.3 Å². The van der Waals surface area contributed by atoms with Crippen LogP contribution in [0, 0.1) is 6.92 Å². The molecular weight excluding hydrogens is 443 g/mol. The Balaban J connectivity index is 0.00000264. The molecule has 0 saturated heterocycles. The van der Waals surface area contributed by atoms with Crippen LogP contribution in [-0.2, 0) is 6.42 Å². The molecule has 1 unspecified atom stereocenters. The summed E-state index contributed by atoms with van der Waals surface area (Å²) in [6, 6.07) is 7.99. The van der Waals surface area contributed by atoms with Gasteiger partial charge in [0.2, 0.25) is 0 Å². The van der Waals surface area contributed by atoms with Crippen LogP contribution in [0.5, 0.6) is 0 Å². The number of hydrogen-bond donors (Lipinski definition) is 2. The smallest absolute Gasteiger partial charge is 0.191 e. The number of nitrogens with zero attached hydrogens (tertiary/aromatic N) is 2. The summed E-state index contributed by atoms with van der Waals surface area (Å²) < 4.78 is 0. The minimum absolute atomic E-state index is 0. The van der Waals surface area contributed by atoms with E-state index in [4.69, 9.17) is 11.6 Å². The van der Waals surface area contributed by atoms with E-state index in [1.807, 2.05) is 30.5 Å². The number of nitrogens with one attached hydrogen (secondary N) is 2. The Labute approximate surface area is 163 Å². The second kappa shape index (κ2) is 10.1. The first kappa shape index (κ1) is 20.2. The number of halogens is 2. The molecular formula is C16H22ClIN4S. The van der Waals surface area contributed by atoms with Crippen LogP contribution in [0.4, 0.5) is 0 Å². The molecule has 2 rings (SSSR count). The molecule has 0 saturated carbocycles. The quantitative estimate of drug-likeness (QED) is 0.396. The van der Waals surface area contributed by atoms with E-state index >= 15 is 0 Å². The molecule has 1 aromatic heterocycles. The zero-order chi connectivity index (χ0) is 15.9. The van der Waals surface area contributed by atoms with Gasteiger partial charge >= 0.3 is 0 Å². The molecule has 0 amide bonds. The maximum Gasteiger partial charge on any atom is 0.191 e. The number of aromatic nitrogens is 1. The van der Waals surface area contributed by atoms with Gasteiger partial charge in [-0.3, -0.25) is 4.99 Å². The predicted molar refractivity (Wildman–Crippen MR) is 110 cm³/mol. The highest BCUT2D eigenvalue weighted by Gasteiger charge is 2.07. The van der Waals surface area contributed by atoms with Gasteiger partial charge in [-0.25, -0.2) is 4.98 Å². The van der Waals surface area contributed by atoms with Crippen molar-refractivity contribution >= 4 is 52.9 Å². The lowest BCUT2D eigenvalue weighted by Gasteiger charge is -2.18. The van der Waals surface area contributed by atoms with E-state index in [0.29, 0.717) is 0 Å². The fraction of sp³-hybridized carbons (Fsp3) is 0.375. The Kier molecular flexibility index (Phi) is 8.86. The number of rotatable bonds is 5. The molecule has 0 radical (unpaired) electrons. The molecule has 4 nitrogen and oxygen atoms in total. The van der Waals surface area contributed by atoms with Crippen molar-refractivity contribution in [1.29, 1.82) is 0 Å². The van der Waals surface area contributed by atoms with Gasteiger partial charge in [0.05, 0.1) is 11.0 Å². The molecule has 0 aliphatic heterocycles. The van der Waals surface area contributed by atoms with Crippen molar-refractivity contribution in [2.75, 3.05) is 13.6 Å². The van der Waals surface area contributed by atoms with Crippen molar-refractivity contribution in [3.63, 3.8) is 0 Å². The van der Waals surface area contributed by atoms with Crippen molar-refractivity contribution in [2.24, 2.45) is 4.99 Å². The van der Waals surface area contributed by atoms with Crippen LogP contribution < -0.4 is 10.6 Å². The normalized spacial score (nSPS) is 12.4. The van der Waals surface area contributed by atoms with E-state index < -0.39 is 0 Å². The van der Waals surface area contributed by atoms with E-state index in [9.17, 15) is 0 Å². The lowest BCUT2D eigenvalue weighted by Crippen LogP contribution is -2.39. The third kappa shape index (κ3) is 6.64.